The Labute approximate surface area is 104 Å². The minimum absolute atomic E-state index is 0.567. The summed E-state index contributed by atoms with van der Waals surface area (Å²) in [5.41, 5.74) is 8.31. The number of thiophene rings is 1. The van der Waals surface area contributed by atoms with Crippen molar-refractivity contribution >= 4 is 16.3 Å². The predicted molar refractivity (Wildman–Crippen MR) is 70.2 cm³/mol. The van der Waals surface area contributed by atoms with Gasteiger partial charge in [0.1, 0.15) is 16.8 Å². The number of methoxy groups -OCH3 is 1. The second-order valence-corrected chi connectivity index (χ2v) is 4.87. The molecule has 0 bridgehead atoms. The number of ether oxygens (including phenoxy) is 1. The van der Waals surface area contributed by atoms with Crippen LogP contribution in [0.5, 0.6) is 5.75 Å². The van der Waals surface area contributed by atoms with Crippen molar-refractivity contribution in [1.82, 2.24) is 0 Å². The predicted octanol–water partition coefficient (Wildman–Crippen LogP) is 3.19. The number of nitrogens with zero attached hydrogens (tertiary/aromatic N) is 1. The summed E-state index contributed by atoms with van der Waals surface area (Å²) in [6.07, 6.45) is 0. The van der Waals surface area contributed by atoms with Gasteiger partial charge in [-0.05, 0) is 24.6 Å². The summed E-state index contributed by atoms with van der Waals surface area (Å²) in [7, 11) is 1.63. The molecule has 17 heavy (non-hydrogen) atoms. The molecule has 1 aromatic carbocycles. The third-order valence-electron chi connectivity index (χ3n) is 2.60. The van der Waals surface area contributed by atoms with Crippen LogP contribution < -0.4 is 10.5 Å². The van der Waals surface area contributed by atoms with E-state index in [-0.39, 0.29) is 0 Å². The van der Waals surface area contributed by atoms with E-state index in [4.69, 9.17) is 15.7 Å². The SMILES string of the molecule is COc1ccc(-c2c(C)sc(N)c2C#N)cc1. The topological polar surface area (TPSA) is 59.0 Å². The van der Waals surface area contributed by atoms with E-state index in [9.17, 15) is 0 Å². The molecular weight excluding hydrogens is 232 g/mol. The van der Waals surface area contributed by atoms with Gasteiger partial charge in [-0.25, -0.2) is 0 Å². The normalized spacial score (nSPS) is 9.94. The number of nitriles is 1. The van der Waals surface area contributed by atoms with Crippen molar-refractivity contribution in [3.05, 3.63) is 34.7 Å². The zero-order valence-electron chi connectivity index (χ0n) is 9.65. The number of hydrogen-bond acceptors (Lipinski definition) is 4. The molecule has 0 aliphatic carbocycles. The van der Waals surface area contributed by atoms with E-state index in [0.29, 0.717) is 10.6 Å². The Hall–Kier alpha value is -1.99. The van der Waals surface area contributed by atoms with Crippen LogP contribution in [0.1, 0.15) is 10.4 Å². The Morgan fingerprint density at radius 2 is 1.94 bits per heavy atom. The van der Waals surface area contributed by atoms with Crippen LogP contribution in [0.3, 0.4) is 0 Å². The van der Waals surface area contributed by atoms with Crippen LogP contribution in [0.25, 0.3) is 11.1 Å². The lowest BCUT2D eigenvalue weighted by molar-refractivity contribution is 0.415. The Morgan fingerprint density at radius 3 is 2.47 bits per heavy atom. The number of aryl methyl sites for hydroxylation is 1. The molecule has 0 fully saturated rings. The third kappa shape index (κ3) is 1.97. The fourth-order valence-electron chi connectivity index (χ4n) is 1.78. The van der Waals surface area contributed by atoms with Crippen LogP contribution in [-0.2, 0) is 0 Å². The average Bonchev–Trinajstić information content (AvgIpc) is 2.63. The number of rotatable bonds is 2. The van der Waals surface area contributed by atoms with Crippen molar-refractivity contribution < 1.29 is 4.74 Å². The molecule has 0 atom stereocenters. The lowest BCUT2D eigenvalue weighted by atomic mass is 10.0. The van der Waals surface area contributed by atoms with Gasteiger partial charge in [0.25, 0.3) is 0 Å². The van der Waals surface area contributed by atoms with Gasteiger partial charge in [0.2, 0.25) is 0 Å². The highest BCUT2D eigenvalue weighted by Gasteiger charge is 2.15. The molecular formula is C13H12N2OS. The molecule has 0 aliphatic heterocycles. The molecule has 0 aliphatic rings. The minimum atomic E-state index is 0.567. The molecule has 0 saturated carbocycles. The first-order valence-electron chi connectivity index (χ1n) is 5.10. The first-order valence-corrected chi connectivity index (χ1v) is 5.92. The van der Waals surface area contributed by atoms with E-state index in [1.165, 1.54) is 11.3 Å². The molecule has 2 aromatic rings. The van der Waals surface area contributed by atoms with Crippen LogP contribution in [0.15, 0.2) is 24.3 Å². The summed E-state index contributed by atoms with van der Waals surface area (Å²) in [5.74, 6) is 0.799. The lowest BCUT2D eigenvalue weighted by Gasteiger charge is -2.03. The fourth-order valence-corrected chi connectivity index (χ4v) is 2.68. The van der Waals surface area contributed by atoms with E-state index in [1.54, 1.807) is 7.11 Å². The van der Waals surface area contributed by atoms with Gasteiger partial charge in [-0.2, -0.15) is 5.26 Å². The molecule has 1 aromatic heterocycles. The zero-order valence-corrected chi connectivity index (χ0v) is 10.5. The van der Waals surface area contributed by atoms with Crippen molar-refractivity contribution in [2.75, 3.05) is 12.8 Å². The number of nitrogen functional groups attached to an aromatic ring is 1. The average molecular weight is 244 g/mol. The van der Waals surface area contributed by atoms with Crippen molar-refractivity contribution in [2.24, 2.45) is 0 Å². The summed E-state index contributed by atoms with van der Waals surface area (Å²) < 4.78 is 5.11. The Balaban J connectivity index is 2.56. The molecule has 1 heterocycles. The van der Waals surface area contributed by atoms with Gasteiger partial charge in [0, 0.05) is 10.4 Å². The van der Waals surface area contributed by atoms with Crippen LogP contribution in [0.2, 0.25) is 0 Å². The highest BCUT2D eigenvalue weighted by atomic mass is 32.1. The van der Waals surface area contributed by atoms with Crippen molar-refractivity contribution in [1.29, 1.82) is 5.26 Å². The summed E-state index contributed by atoms with van der Waals surface area (Å²) in [4.78, 5) is 1.06. The van der Waals surface area contributed by atoms with Crippen LogP contribution in [-0.4, -0.2) is 7.11 Å². The smallest absolute Gasteiger partial charge is 0.118 e. The lowest BCUT2D eigenvalue weighted by Crippen LogP contribution is -1.87. The number of anilines is 1. The largest absolute Gasteiger partial charge is 0.497 e. The quantitative estimate of drug-likeness (QED) is 0.882. The fraction of sp³-hybridized carbons (Fsp3) is 0.154. The van der Waals surface area contributed by atoms with Gasteiger partial charge in [-0.3, -0.25) is 0 Å². The Bertz CT molecular complexity index is 579. The second kappa shape index (κ2) is 4.48. The molecule has 0 saturated heterocycles. The highest BCUT2D eigenvalue weighted by molar-refractivity contribution is 7.16. The van der Waals surface area contributed by atoms with Crippen LogP contribution in [0, 0.1) is 18.3 Å². The van der Waals surface area contributed by atoms with E-state index in [0.717, 1.165) is 21.8 Å². The molecule has 2 rings (SSSR count). The molecule has 0 unspecified atom stereocenters. The van der Waals surface area contributed by atoms with Crippen LogP contribution >= 0.6 is 11.3 Å². The van der Waals surface area contributed by atoms with Crippen molar-refractivity contribution in [2.45, 2.75) is 6.92 Å². The number of nitrogens with two attached hydrogens (primary N) is 1. The zero-order chi connectivity index (χ0) is 12.4. The second-order valence-electron chi connectivity index (χ2n) is 3.61. The Morgan fingerprint density at radius 1 is 1.29 bits per heavy atom. The van der Waals surface area contributed by atoms with Gasteiger partial charge in [0.05, 0.1) is 12.7 Å². The standard InChI is InChI=1S/C13H12N2OS/c1-8-12(11(7-14)13(15)17-8)9-3-5-10(16-2)6-4-9/h3-6H,15H2,1-2H3. The van der Waals surface area contributed by atoms with Gasteiger partial charge in [0.15, 0.2) is 0 Å². The number of benzene rings is 1. The Kier molecular flexibility index (Phi) is 3.03. The summed E-state index contributed by atoms with van der Waals surface area (Å²) in [6, 6.07) is 9.80. The minimum Gasteiger partial charge on any atom is -0.497 e. The summed E-state index contributed by atoms with van der Waals surface area (Å²) in [6.45, 7) is 1.97. The van der Waals surface area contributed by atoms with E-state index in [1.807, 2.05) is 31.2 Å². The number of hydrogen-bond donors (Lipinski definition) is 1. The molecule has 0 radical (unpaired) electrons. The van der Waals surface area contributed by atoms with E-state index in [2.05, 4.69) is 6.07 Å². The highest BCUT2D eigenvalue weighted by Crippen LogP contribution is 2.37. The van der Waals surface area contributed by atoms with E-state index < -0.39 is 0 Å². The first-order chi connectivity index (χ1) is 8.17. The van der Waals surface area contributed by atoms with Crippen LogP contribution in [0.4, 0.5) is 5.00 Å². The first kappa shape index (κ1) is 11.5. The maximum absolute atomic E-state index is 9.13. The monoisotopic (exact) mass is 244 g/mol. The van der Waals surface area contributed by atoms with E-state index >= 15 is 0 Å². The molecule has 86 valence electrons. The molecule has 0 amide bonds. The van der Waals surface area contributed by atoms with Gasteiger partial charge >= 0.3 is 0 Å². The third-order valence-corrected chi connectivity index (χ3v) is 3.54. The van der Waals surface area contributed by atoms with Gasteiger partial charge in [-0.1, -0.05) is 12.1 Å². The van der Waals surface area contributed by atoms with Gasteiger partial charge < -0.3 is 10.5 Å². The summed E-state index contributed by atoms with van der Waals surface area (Å²) in [5, 5.41) is 9.71. The molecule has 2 N–H and O–H groups in total. The molecule has 4 heteroatoms. The van der Waals surface area contributed by atoms with Gasteiger partial charge in [-0.15, -0.1) is 11.3 Å². The van der Waals surface area contributed by atoms with Crippen molar-refractivity contribution in [3.8, 4) is 22.9 Å². The maximum Gasteiger partial charge on any atom is 0.118 e. The maximum atomic E-state index is 9.13. The summed E-state index contributed by atoms with van der Waals surface area (Å²) >= 11 is 1.45. The molecule has 3 nitrogen and oxygen atoms in total. The molecule has 0 spiro atoms. The van der Waals surface area contributed by atoms with Crippen molar-refractivity contribution in [3.63, 3.8) is 0 Å².